The molecule has 0 saturated carbocycles. The zero-order chi connectivity index (χ0) is 19.4. The second kappa shape index (κ2) is 8.18. The smallest absolute Gasteiger partial charge is 0.269 e. The number of hydrogen-bond acceptors (Lipinski definition) is 5. The number of likely N-dealkylation sites (tertiary alicyclic amines) is 1. The Hall–Kier alpha value is -2.93. The molecule has 0 aromatic heterocycles. The Balaban J connectivity index is 1.71. The Morgan fingerprint density at radius 3 is 2.67 bits per heavy atom. The van der Waals surface area contributed by atoms with E-state index in [1.165, 1.54) is 30.7 Å². The Bertz CT molecular complexity index is 836. The summed E-state index contributed by atoms with van der Waals surface area (Å²) < 4.78 is 0. The third kappa shape index (κ3) is 4.62. The standard InChI is InChI=1S/C20H23N3O4/c1-14-4-2-3-11-22(14)13-16-12-17(7-10-19(16)24)21-20(25)15-5-8-18(9-6-15)23(26)27/h5-10,12,14,24H,2-4,11,13H2,1H3,(H,21,25)/t14-/m1/s1. The number of rotatable bonds is 5. The highest BCUT2D eigenvalue weighted by atomic mass is 16.6. The second-order valence-electron chi connectivity index (χ2n) is 6.92. The summed E-state index contributed by atoms with van der Waals surface area (Å²) in [6.45, 7) is 3.82. The van der Waals surface area contributed by atoms with Crippen molar-refractivity contribution in [3.63, 3.8) is 0 Å². The van der Waals surface area contributed by atoms with Gasteiger partial charge in [-0.05, 0) is 56.6 Å². The molecule has 2 N–H and O–H groups in total. The van der Waals surface area contributed by atoms with Crippen molar-refractivity contribution in [3.05, 3.63) is 63.7 Å². The molecule has 1 atom stereocenters. The highest BCUT2D eigenvalue weighted by molar-refractivity contribution is 6.04. The number of anilines is 1. The van der Waals surface area contributed by atoms with Gasteiger partial charge in [0.15, 0.2) is 0 Å². The molecule has 1 aliphatic heterocycles. The van der Waals surface area contributed by atoms with Crippen molar-refractivity contribution in [2.75, 3.05) is 11.9 Å². The van der Waals surface area contributed by atoms with Crippen LogP contribution in [0.4, 0.5) is 11.4 Å². The van der Waals surface area contributed by atoms with Gasteiger partial charge in [-0.1, -0.05) is 6.42 Å². The number of amides is 1. The summed E-state index contributed by atoms with van der Waals surface area (Å²) in [4.78, 5) is 24.9. The number of benzene rings is 2. The highest BCUT2D eigenvalue weighted by Crippen LogP contribution is 2.26. The lowest BCUT2D eigenvalue weighted by Gasteiger charge is -2.33. The number of nitrogens with zero attached hydrogens (tertiary/aromatic N) is 2. The molecule has 2 aromatic rings. The largest absolute Gasteiger partial charge is 0.508 e. The van der Waals surface area contributed by atoms with Crippen molar-refractivity contribution < 1.29 is 14.8 Å². The van der Waals surface area contributed by atoms with E-state index in [2.05, 4.69) is 17.1 Å². The van der Waals surface area contributed by atoms with E-state index in [1.807, 2.05) is 0 Å². The van der Waals surface area contributed by atoms with E-state index in [0.29, 0.717) is 23.8 Å². The lowest BCUT2D eigenvalue weighted by atomic mass is 10.0. The number of phenolic OH excluding ortho intramolecular Hbond substituents is 1. The molecule has 0 spiro atoms. The van der Waals surface area contributed by atoms with Crippen LogP contribution in [0.5, 0.6) is 5.75 Å². The van der Waals surface area contributed by atoms with E-state index in [1.54, 1.807) is 18.2 Å². The zero-order valence-corrected chi connectivity index (χ0v) is 15.2. The van der Waals surface area contributed by atoms with E-state index in [0.717, 1.165) is 24.9 Å². The molecule has 1 fully saturated rings. The minimum atomic E-state index is -0.504. The van der Waals surface area contributed by atoms with Gasteiger partial charge in [-0.25, -0.2) is 0 Å². The first-order valence-electron chi connectivity index (χ1n) is 9.06. The molecular formula is C20H23N3O4. The predicted molar refractivity (Wildman–Crippen MR) is 103 cm³/mol. The number of hydrogen-bond donors (Lipinski definition) is 2. The molecule has 1 aliphatic rings. The van der Waals surface area contributed by atoms with E-state index in [9.17, 15) is 20.0 Å². The number of nitro groups is 1. The fraction of sp³-hybridized carbons (Fsp3) is 0.350. The normalized spacial score (nSPS) is 17.4. The number of nitro benzene ring substituents is 1. The van der Waals surface area contributed by atoms with Crippen molar-refractivity contribution in [3.8, 4) is 5.75 Å². The minimum absolute atomic E-state index is 0.0610. The number of phenols is 1. The average molecular weight is 369 g/mol. The fourth-order valence-electron chi connectivity index (χ4n) is 3.34. The maximum absolute atomic E-state index is 12.4. The summed E-state index contributed by atoms with van der Waals surface area (Å²) in [6.07, 6.45) is 3.54. The molecule has 7 nitrogen and oxygen atoms in total. The molecule has 142 valence electrons. The topological polar surface area (TPSA) is 95.7 Å². The van der Waals surface area contributed by atoms with Gasteiger partial charge in [-0.3, -0.25) is 19.8 Å². The number of nitrogens with one attached hydrogen (secondary N) is 1. The molecule has 1 amide bonds. The first-order chi connectivity index (χ1) is 12.9. The average Bonchev–Trinajstić information content (AvgIpc) is 2.66. The lowest BCUT2D eigenvalue weighted by Crippen LogP contribution is -2.36. The number of aromatic hydroxyl groups is 1. The molecule has 0 aliphatic carbocycles. The van der Waals surface area contributed by atoms with Crippen LogP contribution < -0.4 is 5.32 Å². The van der Waals surface area contributed by atoms with Crippen LogP contribution in [0, 0.1) is 10.1 Å². The predicted octanol–water partition coefficient (Wildman–Crippen LogP) is 3.93. The molecule has 1 saturated heterocycles. The summed E-state index contributed by atoms with van der Waals surface area (Å²) in [6, 6.07) is 10.9. The van der Waals surface area contributed by atoms with Gasteiger partial charge in [0.1, 0.15) is 5.75 Å². The van der Waals surface area contributed by atoms with Crippen LogP contribution >= 0.6 is 0 Å². The molecule has 0 radical (unpaired) electrons. The van der Waals surface area contributed by atoms with E-state index >= 15 is 0 Å². The van der Waals surface area contributed by atoms with Crippen LogP contribution in [-0.4, -0.2) is 33.4 Å². The highest BCUT2D eigenvalue weighted by Gasteiger charge is 2.19. The number of piperidine rings is 1. The monoisotopic (exact) mass is 369 g/mol. The van der Waals surface area contributed by atoms with Gasteiger partial charge >= 0.3 is 0 Å². The van der Waals surface area contributed by atoms with E-state index in [4.69, 9.17) is 0 Å². The Kier molecular flexibility index (Phi) is 5.71. The molecule has 0 bridgehead atoms. The van der Waals surface area contributed by atoms with Gasteiger partial charge in [0.2, 0.25) is 0 Å². The van der Waals surface area contributed by atoms with Crippen LogP contribution in [0.15, 0.2) is 42.5 Å². The van der Waals surface area contributed by atoms with Gasteiger partial charge in [-0.2, -0.15) is 0 Å². The van der Waals surface area contributed by atoms with Crippen molar-refractivity contribution >= 4 is 17.3 Å². The van der Waals surface area contributed by atoms with Crippen LogP contribution in [0.25, 0.3) is 0 Å². The second-order valence-corrected chi connectivity index (χ2v) is 6.92. The summed E-state index contributed by atoms with van der Waals surface area (Å²) in [5.74, 6) is -0.144. The van der Waals surface area contributed by atoms with Gasteiger partial charge in [-0.15, -0.1) is 0 Å². The summed E-state index contributed by atoms with van der Waals surface area (Å²) >= 11 is 0. The molecule has 0 unspecified atom stereocenters. The molecule has 27 heavy (non-hydrogen) atoms. The first-order valence-corrected chi connectivity index (χ1v) is 9.06. The van der Waals surface area contributed by atoms with Gasteiger partial charge in [0.05, 0.1) is 4.92 Å². The lowest BCUT2D eigenvalue weighted by molar-refractivity contribution is -0.384. The maximum atomic E-state index is 12.4. The SMILES string of the molecule is C[C@@H]1CCCCN1Cc1cc(NC(=O)c2ccc([N+](=O)[O-])cc2)ccc1O. The minimum Gasteiger partial charge on any atom is -0.508 e. The number of non-ortho nitro benzene ring substituents is 1. The van der Waals surface area contributed by atoms with E-state index in [-0.39, 0.29) is 17.3 Å². The molecule has 3 rings (SSSR count). The first kappa shape index (κ1) is 18.8. The van der Waals surface area contributed by atoms with Crippen LogP contribution in [0.1, 0.15) is 42.1 Å². The molecule has 2 aromatic carbocycles. The van der Waals surface area contributed by atoms with E-state index < -0.39 is 4.92 Å². The third-order valence-corrected chi connectivity index (χ3v) is 4.99. The van der Waals surface area contributed by atoms with Crippen LogP contribution in [0.2, 0.25) is 0 Å². The van der Waals surface area contributed by atoms with Gasteiger partial charge in [0.25, 0.3) is 11.6 Å². The third-order valence-electron chi connectivity index (χ3n) is 4.99. The summed E-state index contributed by atoms with van der Waals surface area (Å²) in [5, 5.41) is 23.7. The molecule has 1 heterocycles. The Morgan fingerprint density at radius 2 is 2.00 bits per heavy atom. The van der Waals surface area contributed by atoms with Crippen molar-refractivity contribution in [2.24, 2.45) is 0 Å². The summed E-state index contributed by atoms with van der Waals surface area (Å²) in [5.41, 5.74) is 1.62. The van der Waals surface area contributed by atoms with Crippen molar-refractivity contribution in [1.82, 2.24) is 4.90 Å². The quantitative estimate of drug-likeness (QED) is 0.473. The van der Waals surface area contributed by atoms with Crippen molar-refractivity contribution in [2.45, 2.75) is 38.8 Å². The number of carbonyl (C=O) groups is 1. The zero-order valence-electron chi connectivity index (χ0n) is 15.2. The summed E-state index contributed by atoms with van der Waals surface area (Å²) in [7, 11) is 0. The van der Waals surface area contributed by atoms with Crippen LogP contribution in [0.3, 0.4) is 0 Å². The maximum Gasteiger partial charge on any atom is 0.269 e. The number of carbonyl (C=O) groups excluding carboxylic acids is 1. The Morgan fingerprint density at radius 1 is 1.26 bits per heavy atom. The molecule has 7 heteroatoms. The van der Waals surface area contributed by atoms with Crippen molar-refractivity contribution in [1.29, 1.82) is 0 Å². The van der Waals surface area contributed by atoms with Crippen LogP contribution in [-0.2, 0) is 6.54 Å². The fourth-order valence-corrected chi connectivity index (χ4v) is 3.34. The Labute approximate surface area is 157 Å². The van der Waals surface area contributed by atoms with Gasteiger partial charge in [0, 0.05) is 41.5 Å². The van der Waals surface area contributed by atoms with Gasteiger partial charge < -0.3 is 10.4 Å². The molecular weight excluding hydrogens is 346 g/mol.